The summed E-state index contributed by atoms with van der Waals surface area (Å²) in [5, 5.41) is 0. The number of rotatable bonds is 4. The van der Waals surface area contributed by atoms with Crippen LogP contribution >= 0.6 is 0 Å². The molecule has 0 aliphatic heterocycles. The average Bonchev–Trinajstić information content (AvgIpc) is 2.27. The summed E-state index contributed by atoms with van der Waals surface area (Å²) in [6.45, 7) is 2.05. The summed E-state index contributed by atoms with van der Waals surface area (Å²) < 4.78 is 10.3. The van der Waals surface area contributed by atoms with Gasteiger partial charge in [-0.1, -0.05) is 6.92 Å². The first kappa shape index (κ1) is 10.9. The highest BCUT2D eigenvalue weighted by molar-refractivity contribution is 5.39. The van der Waals surface area contributed by atoms with Crippen molar-refractivity contribution >= 4 is 0 Å². The Bertz CT molecular complexity index is 277. The second-order valence-corrected chi connectivity index (χ2v) is 3.16. The summed E-state index contributed by atoms with van der Waals surface area (Å²) in [4.78, 5) is 0. The van der Waals surface area contributed by atoms with E-state index < -0.39 is 0 Å². The molecule has 1 aromatic rings. The Labute approximate surface area is 84.8 Å². The molecule has 1 atom stereocenters. The molecule has 0 heterocycles. The van der Waals surface area contributed by atoms with E-state index in [4.69, 9.17) is 15.2 Å². The van der Waals surface area contributed by atoms with Crippen molar-refractivity contribution in [3.63, 3.8) is 0 Å². The van der Waals surface area contributed by atoms with E-state index >= 15 is 0 Å². The molecule has 1 rings (SSSR count). The molecule has 0 saturated carbocycles. The molecule has 14 heavy (non-hydrogen) atoms. The van der Waals surface area contributed by atoms with Gasteiger partial charge in [-0.25, -0.2) is 0 Å². The maximum atomic E-state index is 5.93. The zero-order valence-corrected chi connectivity index (χ0v) is 8.91. The highest BCUT2D eigenvalue weighted by atomic mass is 16.5. The molecule has 1 aromatic carbocycles. The molecule has 2 N–H and O–H groups in total. The van der Waals surface area contributed by atoms with Gasteiger partial charge >= 0.3 is 0 Å². The first-order valence-electron chi connectivity index (χ1n) is 4.69. The lowest BCUT2D eigenvalue weighted by atomic mass is 10.0. The van der Waals surface area contributed by atoms with E-state index in [1.54, 1.807) is 14.2 Å². The van der Waals surface area contributed by atoms with Crippen LogP contribution in [0.4, 0.5) is 0 Å². The first-order valence-corrected chi connectivity index (χ1v) is 4.69. The third-order valence-electron chi connectivity index (χ3n) is 2.24. The molecule has 0 aliphatic rings. The first-order chi connectivity index (χ1) is 6.71. The molecule has 0 saturated heterocycles. The van der Waals surface area contributed by atoms with E-state index in [0.29, 0.717) is 0 Å². The Balaban J connectivity index is 3.04. The molecule has 0 amide bonds. The second-order valence-electron chi connectivity index (χ2n) is 3.16. The monoisotopic (exact) mass is 195 g/mol. The lowest BCUT2D eigenvalue weighted by molar-refractivity contribution is 0.392. The summed E-state index contributed by atoms with van der Waals surface area (Å²) in [6.07, 6.45) is 0.899. The van der Waals surface area contributed by atoms with Crippen molar-refractivity contribution in [2.24, 2.45) is 5.73 Å². The fourth-order valence-electron chi connectivity index (χ4n) is 1.28. The summed E-state index contributed by atoms with van der Waals surface area (Å²) in [5.41, 5.74) is 6.98. The maximum absolute atomic E-state index is 5.93. The van der Waals surface area contributed by atoms with Crippen LogP contribution < -0.4 is 15.2 Å². The summed E-state index contributed by atoms with van der Waals surface area (Å²) in [5.74, 6) is 1.56. The van der Waals surface area contributed by atoms with Crippen molar-refractivity contribution in [1.29, 1.82) is 0 Å². The van der Waals surface area contributed by atoms with E-state index in [1.165, 1.54) is 0 Å². The van der Waals surface area contributed by atoms with Gasteiger partial charge in [0, 0.05) is 12.1 Å². The zero-order chi connectivity index (χ0) is 10.6. The van der Waals surface area contributed by atoms with Crippen molar-refractivity contribution in [3.8, 4) is 11.5 Å². The van der Waals surface area contributed by atoms with Crippen LogP contribution in [0.25, 0.3) is 0 Å². The van der Waals surface area contributed by atoms with Gasteiger partial charge in [0.1, 0.15) is 11.5 Å². The number of hydrogen-bond donors (Lipinski definition) is 1. The number of nitrogens with two attached hydrogens (primary N) is 1. The van der Waals surface area contributed by atoms with Crippen molar-refractivity contribution in [2.75, 3.05) is 14.2 Å². The third kappa shape index (κ3) is 2.39. The van der Waals surface area contributed by atoms with Gasteiger partial charge in [-0.05, 0) is 24.1 Å². The van der Waals surface area contributed by atoms with E-state index in [9.17, 15) is 0 Å². The van der Waals surface area contributed by atoms with Crippen LogP contribution in [0.15, 0.2) is 18.2 Å². The molecular weight excluding hydrogens is 178 g/mol. The Hall–Kier alpha value is -1.22. The fourth-order valence-corrected chi connectivity index (χ4v) is 1.28. The highest BCUT2D eigenvalue weighted by Gasteiger charge is 2.07. The molecule has 0 bridgehead atoms. The Kier molecular flexibility index (Phi) is 3.77. The minimum absolute atomic E-state index is 0.0407. The molecule has 0 radical (unpaired) electrons. The van der Waals surface area contributed by atoms with Crippen LogP contribution in [0.2, 0.25) is 0 Å². The van der Waals surface area contributed by atoms with Crippen LogP contribution in [0.1, 0.15) is 24.9 Å². The van der Waals surface area contributed by atoms with Gasteiger partial charge in [0.2, 0.25) is 0 Å². The van der Waals surface area contributed by atoms with Crippen LogP contribution in [0, 0.1) is 0 Å². The van der Waals surface area contributed by atoms with Crippen molar-refractivity contribution in [3.05, 3.63) is 23.8 Å². The van der Waals surface area contributed by atoms with E-state index in [-0.39, 0.29) is 6.04 Å². The Morgan fingerprint density at radius 2 is 1.64 bits per heavy atom. The van der Waals surface area contributed by atoms with E-state index in [0.717, 1.165) is 23.5 Å². The van der Waals surface area contributed by atoms with Crippen molar-refractivity contribution in [1.82, 2.24) is 0 Å². The molecule has 0 aliphatic carbocycles. The number of benzene rings is 1. The standard InChI is InChI=1S/C11H17NO2/c1-4-11(12)8-5-9(13-2)7-10(6-8)14-3/h5-7,11H,4,12H2,1-3H3/t11-/m1/s1. The van der Waals surface area contributed by atoms with Crippen molar-refractivity contribution in [2.45, 2.75) is 19.4 Å². The van der Waals surface area contributed by atoms with Gasteiger partial charge in [-0.3, -0.25) is 0 Å². The smallest absolute Gasteiger partial charge is 0.122 e. The highest BCUT2D eigenvalue weighted by Crippen LogP contribution is 2.26. The SMILES string of the molecule is CC[C@@H](N)c1cc(OC)cc(OC)c1. The predicted molar refractivity (Wildman–Crippen MR) is 56.8 cm³/mol. The number of hydrogen-bond acceptors (Lipinski definition) is 3. The normalized spacial score (nSPS) is 12.3. The van der Waals surface area contributed by atoms with Gasteiger partial charge in [0.05, 0.1) is 14.2 Å². The summed E-state index contributed by atoms with van der Waals surface area (Å²) in [7, 11) is 3.27. The Morgan fingerprint density at radius 1 is 1.14 bits per heavy atom. The predicted octanol–water partition coefficient (Wildman–Crippen LogP) is 2.11. The minimum atomic E-state index is 0.0407. The minimum Gasteiger partial charge on any atom is -0.497 e. The molecule has 78 valence electrons. The molecule has 3 heteroatoms. The van der Waals surface area contributed by atoms with Crippen molar-refractivity contribution < 1.29 is 9.47 Å². The third-order valence-corrected chi connectivity index (χ3v) is 2.24. The van der Waals surface area contributed by atoms with Gasteiger partial charge in [-0.15, -0.1) is 0 Å². The van der Waals surface area contributed by atoms with E-state index in [2.05, 4.69) is 6.92 Å². The quantitative estimate of drug-likeness (QED) is 0.800. The second kappa shape index (κ2) is 4.86. The van der Waals surface area contributed by atoms with Crippen LogP contribution in [0.3, 0.4) is 0 Å². The lowest BCUT2D eigenvalue weighted by Gasteiger charge is -2.12. The average molecular weight is 195 g/mol. The largest absolute Gasteiger partial charge is 0.497 e. The van der Waals surface area contributed by atoms with Crippen LogP contribution in [-0.4, -0.2) is 14.2 Å². The van der Waals surface area contributed by atoms with Gasteiger partial charge in [0.25, 0.3) is 0 Å². The number of ether oxygens (including phenoxy) is 2. The zero-order valence-electron chi connectivity index (χ0n) is 8.91. The molecular formula is C11H17NO2. The summed E-state index contributed by atoms with van der Waals surface area (Å²) in [6, 6.07) is 5.76. The topological polar surface area (TPSA) is 44.5 Å². The molecule has 0 aromatic heterocycles. The fraction of sp³-hybridized carbons (Fsp3) is 0.455. The van der Waals surface area contributed by atoms with E-state index in [1.807, 2.05) is 18.2 Å². The molecule has 3 nitrogen and oxygen atoms in total. The lowest BCUT2D eigenvalue weighted by Crippen LogP contribution is -2.08. The van der Waals surface area contributed by atoms with Gasteiger partial charge < -0.3 is 15.2 Å². The van der Waals surface area contributed by atoms with Crippen LogP contribution in [0.5, 0.6) is 11.5 Å². The van der Waals surface area contributed by atoms with Gasteiger partial charge in [0.15, 0.2) is 0 Å². The van der Waals surface area contributed by atoms with Gasteiger partial charge in [-0.2, -0.15) is 0 Å². The maximum Gasteiger partial charge on any atom is 0.122 e. The summed E-state index contributed by atoms with van der Waals surface area (Å²) >= 11 is 0. The number of methoxy groups -OCH3 is 2. The molecule has 0 unspecified atom stereocenters. The van der Waals surface area contributed by atoms with Crippen LogP contribution in [-0.2, 0) is 0 Å². The molecule has 0 spiro atoms. The Morgan fingerprint density at radius 3 is 2.00 bits per heavy atom. The molecule has 0 fully saturated rings.